The molecule has 1 aromatic rings. The molecule has 0 bridgehead atoms. The van der Waals surface area contributed by atoms with Crippen LogP contribution in [0.4, 0.5) is 11.4 Å². The molecule has 0 saturated heterocycles. The zero-order valence-electron chi connectivity index (χ0n) is 10.1. The third-order valence-electron chi connectivity index (χ3n) is 2.64. The van der Waals surface area contributed by atoms with Crippen molar-refractivity contribution >= 4 is 27.3 Å². The van der Waals surface area contributed by atoms with Gasteiger partial charge in [0.2, 0.25) is 0 Å². The SMILES string of the molecule is CCCCCC(C)Nc1ccc(N)cc1Br. The molecule has 0 aliphatic carbocycles. The number of benzene rings is 1. The lowest BCUT2D eigenvalue weighted by molar-refractivity contribution is 0.615. The van der Waals surface area contributed by atoms with E-state index in [9.17, 15) is 0 Å². The molecule has 0 aliphatic heterocycles. The normalized spacial score (nSPS) is 12.4. The number of hydrogen-bond acceptors (Lipinski definition) is 2. The van der Waals surface area contributed by atoms with E-state index in [4.69, 9.17) is 5.73 Å². The predicted octanol–water partition coefficient (Wildman–Crippen LogP) is 4.41. The quantitative estimate of drug-likeness (QED) is 0.600. The smallest absolute Gasteiger partial charge is 0.0488 e. The lowest BCUT2D eigenvalue weighted by atomic mass is 10.1. The second kappa shape index (κ2) is 6.79. The summed E-state index contributed by atoms with van der Waals surface area (Å²) >= 11 is 3.51. The number of hydrogen-bond donors (Lipinski definition) is 2. The van der Waals surface area contributed by atoms with Crippen LogP contribution in [0.3, 0.4) is 0 Å². The molecule has 0 fully saturated rings. The Morgan fingerprint density at radius 3 is 2.75 bits per heavy atom. The molecule has 16 heavy (non-hydrogen) atoms. The van der Waals surface area contributed by atoms with E-state index in [-0.39, 0.29) is 0 Å². The number of nitrogens with one attached hydrogen (secondary N) is 1. The molecule has 3 N–H and O–H groups in total. The minimum atomic E-state index is 0.506. The second-order valence-corrected chi connectivity index (χ2v) is 5.13. The second-order valence-electron chi connectivity index (χ2n) is 4.28. The van der Waals surface area contributed by atoms with Gasteiger partial charge >= 0.3 is 0 Å². The Hall–Kier alpha value is -0.700. The van der Waals surface area contributed by atoms with Crippen molar-refractivity contribution in [2.75, 3.05) is 11.1 Å². The Labute approximate surface area is 107 Å². The first-order valence-corrected chi connectivity index (χ1v) is 6.74. The molecule has 1 aromatic carbocycles. The molecule has 0 radical (unpaired) electrons. The van der Waals surface area contributed by atoms with Crippen LogP contribution < -0.4 is 11.1 Å². The molecular formula is C13H21BrN2. The highest BCUT2D eigenvalue weighted by atomic mass is 79.9. The van der Waals surface area contributed by atoms with E-state index < -0.39 is 0 Å². The first-order chi connectivity index (χ1) is 7.63. The minimum absolute atomic E-state index is 0.506. The molecule has 2 nitrogen and oxygen atoms in total. The van der Waals surface area contributed by atoms with E-state index in [1.807, 2.05) is 18.2 Å². The van der Waals surface area contributed by atoms with Gasteiger partial charge in [0.15, 0.2) is 0 Å². The monoisotopic (exact) mass is 284 g/mol. The molecule has 0 saturated carbocycles. The summed E-state index contributed by atoms with van der Waals surface area (Å²) in [7, 11) is 0. The van der Waals surface area contributed by atoms with Gasteiger partial charge in [-0.1, -0.05) is 26.2 Å². The van der Waals surface area contributed by atoms with E-state index in [0.29, 0.717) is 6.04 Å². The molecule has 0 aliphatic rings. The molecule has 1 atom stereocenters. The van der Waals surface area contributed by atoms with Gasteiger partial charge in [-0.3, -0.25) is 0 Å². The van der Waals surface area contributed by atoms with Crippen LogP contribution in [0.2, 0.25) is 0 Å². The highest BCUT2D eigenvalue weighted by Crippen LogP contribution is 2.25. The standard InChI is InChI=1S/C13H21BrN2/c1-3-4-5-6-10(2)16-13-8-7-11(15)9-12(13)14/h7-10,16H,3-6,15H2,1-2H3. The van der Waals surface area contributed by atoms with Crippen LogP contribution >= 0.6 is 15.9 Å². The first kappa shape index (κ1) is 13.4. The van der Waals surface area contributed by atoms with Crippen molar-refractivity contribution < 1.29 is 0 Å². The maximum absolute atomic E-state index is 5.70. The zero-order chi connectivity index (χ0) is 12.0. The molecular weight excluding hydrogens is 264 g/mol. The predicted molar refractivity (Wildman–Crippen MR) is 75.8 cm³/mol. The van der Waals surface area contributed by atoms with Crippen molar-refractivity contribution in [3.63, 3.8) is 0 Å². The van der Waals surface area contributed by atoms with E-state index in [1.165, 1.54) is 25.7 Å². The van der Waals surface area contributed by atoms with Crippen molar-refractivity contribution in [1.82, 2.24) is 0 Å². The average Bonchev–Trinajstić information content (AvgIpc) is 2.23. The van der Waals surface area contributed by atoms with Crippen LogP contribution in [0.15, 0.2) is 22.7 Å². The highest BCUT2D eigenvalue weighted by Gasteiger charge is 2.04. The van der Waals surface area contributed by atoms with Crippen LogP contribution in [0.1, 0.15) is 39.5 Å². The lowest BCUT2D eigenvalue weighted by Gasteiger charge is -2.16. The fraction of sp³-hybridized carbons (Fsp3) is 0.538. The van der Waals surface area contributed by atoms with Crippen molar-refractivity contribution in [1.29, 1.82) is 0 Å². The molecule has 3 heteroatoms. The number of nitrogen functional groups attached to an aromatic ring is 1. The fourth-order valence-electron chi connectivity index (χ4n) is 1.69. The Morgan fingerprint density at radius 2 is 2.12 bits per heavy atom. The summed E-state index contributed by atoms with van der Waals surface area (Å²) in [6, 6.07) is 6.38. The lowest BCUT2D eigenvalue weighted by Crippen LogP contribution is -2.15. The van der Waals surface area contributed by atoms with Crippen LogP contribution in [0.25, 0.3) is 0 Å². The number of anilines is 2. The van der Waals surface area contributed by atoms with Crippen molar-refractivity contribution in [3.05, 3.63) is 22.7 Å². The van der Waals surface area contributed by atoms with Gasteiger partial charge in [0.1, 0.15) is 0 Å². The summed E-state index contributed by atoms with van der Waals surface area (Å²) in [5.41, 5.74) is 7.61. The van der Waals surface area contributed by atoms with Crippen LogP contribution in [-0.4, -0.2) is 6.04 Å². The van der Waals surface area contributed by atoms with E-state index in [1.54, 1.807) is 0 Å². The van der Waals surface area contributed by atoms with E-state index in [2.05, 4.69) is 35.1 Å². The molecule has 0 aromatic heterocycles. The van der Waals surface area contributed by atoms with Crippen LogP contribution in [0.5, 0.6) is 0 Å². The van der Waals surface area contributed by atoms with E-state index >= 15 is 0 Å². The minimum Gasteiger partial charge on any atom is -0.399 e. The van der Waals surface area contributed by atoms with E-state index in [0.717, 1.165) is 15.8 Å². The van der Waals surface area contributed by atoms with Gasteiger partial charge in [0.05, 0.1) is 0 Å². The fourth-order valence-corrected chi connectivity index (χ4v) is 2.20. The Balaban J connectivity index is 2.46. The molecule has 90 valence electrons. The highest BCUT2D eigenvalue weighted by molar-refractivity contribution is 9.10. The molecule has 1 rings (SSSR count). The summed E-state index contributed by atoms with van der Waals surface area (Å²) in [6.45, 7) is 4.45. The maximum atomic E-state index is 5.70. The topological polar surface area (TPSA) is 38.0 Å². The Bertz CT molecular complexity index is 326. The Morgan fingerprint density at radius 1 is 1.38 bits per heavy atom. The number of rotatable bonds is 6. The van der Waals surface area contributed by atoms with Crippen molar-refractivity contribution in [2.45, 2.75) is 45.6 Å². The maximum Gasteiger partial charge on any atom is 0.0488 e. The van der Waals surface area contributed by atoms with Gasteiger partial charge in [-0.05, 0) is 47.5 Å². The van der Waals surface area contributed by atoms with Gasteiger partial charge in [-0.2, -0.15) is 0 Å². The largest absolute Gasteiger partial charge is 0.399 e. The van der Waals surface area contributed by atoms with Crippen molar-refractivity contribution in [3.8, 4) is 0 Å². The van der Waals surface area contributed by atoms with Gasteiger partial charge in [-0.25, -0.2) is 0 Å². The van der Waals surface area contributed by atoms with Gasteiger partial charge < -0.3 is 11.1 Å². The van der Waals surface area contributed by atoms with Gasteiger partial charge in [0, 0.05) is 21.9 Å². The summed E-state index contributed by atoms with van der Waals surface area (Å²) < 4.78 is 1.04. The first-order valence-electron chi connectivity index (χ1n) is 5.95. The third kappa shape index (κ3) is 4.44. The molecule has 0 spiro atoms. The summed E-state index contributed by atoms with van der Waals surface area (Å²) in [6.07, 6.45) is 5.09. The molecule has 0 amide bonds. The number of unbranched alkanes of at least 4 members (excludes halogenated alkanes) is 2. The number of nitrogens with two attached hydrogens (primary N) is 1. The van der Waals surface area contributed by atoms with Crippen LogP contribution in [0, 0.1) is 0 Å². The van der Waals surface area contributed by atoms with Gasteiger partial charge in [0.25, 0.3) is 0 Å². The average molecular weight is 285 g/mol. The summed E-state index contributed by atoms with van der Waals surface area (Å²) in [4.78, 5) is 0. The van der Waals surface area contributed by atoms with Crippen LogP contribution in [-0.2, 0) is 0 Å². The summed E-state index contributed by atoms with van der Waals surface area (Å²) in [5, 5.41) is 3.49. The molecule has 1 unspecified atom stereocenters. The van der Waals surface area contributed by atoms with Crippen molar-refractivity contribution in [2.24, 2.45) is 0 Å². The third-order valence-corrected chi connectivity index (χ3v) is 3.29. The zero-order valence-corrected chi connectivity index (χ0v) is 11.7. The summed E-state index contributed by atoms with van der Waals surface area (Å²) in [5.74, 6) is 0. The Kier molecular flexibility index (Phi) is 5.67. The van der Waals surface area contributed by atoms with Gasteiger partial charge in [-0.15, -0.1) is 0 Å². The molecule has 0 heterocycles. The number of halogens is 1.